The van der Waals surface area contributed by atoms with Crippen LogP contribution in [0.25, 0.3) is 21.7 Å². The molecule has 0 aliphatic heterocycles. The first-order valence-corrected chi connectivity index (χ1v) is 13.4. The predicted molar refractivity (Wildman–Crippen MR) is 150 cm³/mol. The van der Waals surface area contributed by atoms with Crippen molar-refractivity contribution in [2.45, 2.75) is 11.4 Å². The van der Waals surface area contributed by atoms with E-state index in [0.29, 0.717) is 22.6 Å². The normalized spacial score (nSPS) is 11.9. The second kappa shape index (κ2) is 9.91. The molecule has 4 aromatic carbocycles. The molecule has 0 fully saturated rings. The number of rotatable bonds is 5. The van der Waals surface area contributed by atoms with Gasteiger partial charge in [-0.05, 0) is 65.0 Å². The molecule has 0 amide bonds. The fourth-order valence-electron chi connectivity index (χ4n) is 4.15. The van der Waals surface area contributed by atoms with Gasteiger partial charge in [-0.25, -0.2) is 13.6 Å². The summed E-state index contributed by atoms with van der Waals surface area (Å²) in [4.78, 5) is -0.0685. The topological polar surface area (TPSA) is 122 Å². The minimum absolute atomic E-state index is 0.0389. The summed E-state index contributed by atoms with van der Waals surface area (Å²) in [6.45, 7) is 0.393. The minimum Gasteiger partial charge on any atom is -0.493 e. The lowest BCUT2D eigenvalue weighted by Crippen LogP contribution is -2.13. The number of azo groups is 1. The Balaban J connectivity index is 1.49. The average molecular weight is 550 g/mol. The number of primary sulfonamides is 1. The largest absolute Gasteiger partial charge is 0.493 e. The first-order valence-electron chi connectivity index (χ1n) is 11.0. The molecule has 0 radical (unpaired) electrons. The van der Waals surface area contributed by atoms with Crippen LogP contribution in [0, 0.1) is 0 Å². The van der Waals surface area contributed by atoms with E-state index in [2.05, 4.69) is 15.5 Å². The third kappa shape index (κ3) is 5.18. The lowest BCUT2D eigenvalue weighted by atomic mass is 10.0. The van der Waals surface area contributed by atoms with Crippen molar-refractivity contribution in [1.29, 1.82) is 0 Å². The molecule has 37 heavy (non-hydrogen) atoms. The molecule has 0 saturated heterocycles. The summed E-state index contributed by atoms with van der Waals surface area (Å²) < 4.78 is 25.0. The van der Waals surface area contributed by atoms with Crippen LogP contribution in [-0.4, -0.2) is 23.2 Å². The molecule has 5 rings (SSSR count). The third-order valence-corrected chi connectivity index (χ3v) is 7.16. The molecular weight excluding hydrogens is 530 g/mol. The summed E-state index contributed by atoms with van der Waals surface area (Å²) >= 11 is 11.5. The first kappa shape index (κ1) is 24.8. The predicted octanol–water partition coefficient (Wildman–Crippen LogP) is 6.33. The number of hydrogen-bond acceptors (Lipinski definition) is 5. The van der Waals surface area contributed by atoms with Gasteiger partial charge in [0.25, 0.3) is 0 Å². The van der Waals surface area contributed by atoms with Gasteiger partial charge < -0.3 is 15.0 Å². The Morgan fingerprint density at radius 1 is 1.00 bits per heavy atom. The van der Waals surface area contributed by atoms with Gasteiger partial charge in [0.05, 0.1) is 17.0 Å². The van der Waals surface area contributed by atoms with E-state index in [1.54, 1.807) is 22.8 Å². The average Bonchev–Trinajstić information content (AvgIpc) is 3.12. The van der Waals surface area contributed by atoms with Crippen LogP contribution in [0.3, 0.4) is 0 Å². The maximum Gasteiger partial charge on any atom is 0.238 e. The van der Waals surface area contributed by atoms with Crippen LogP contribution in [-0.2, 0) is 16.6 Å². The van der Waals surface area contributed by atoms with Crippen molar-refractivity contribution in [3.05, 3.63) is 95.5 Å². The zero-order chi connectivity index (χ0) is 26.2. The Morgan fingerprint density at radius 2 is 1.76 bits per heavy atom. The van der Waals surface area contributed by atoms with Crippen LogP contribution in [0.1, 0.15) is 5.56 Å². The number of aromatic nitrogens is 1. The van der Waals surface area contributed by atoms with Crippen molar-refractivity contribution in [2.75, 3.05) is 5.32 Å². The van der Waals surface area contributed by atoms with Crippen molar-refractivity contribution in [3.63, 3.8) is 0 Å². The van der Waals surface area contributed by atoms with Crippen LogP contribution < -0.4 is 10.5 Å². The van der Waals surface area contributed by atoms with E-state index in [4.69, 9.17) is 29.0 Å². The van der Waals surface area contributed by atoms with Crippen molar-refractivity contribution in [3.8, 4) is 5.88 Å². The Morgan fingerprint density at radius 3 is 2.57 bits per heavy atom. The summed E-state index contributed by atoms with van der Waals surface area (Å²) in [5.41, 5.74) is 2.33. The van der Waals surface area contributed by atoms with E-state index >= 15 is 0 Å². The van der Waals surface area contributed by atoms with Crippen LogP contribution in [0.4, 0.5) is 11.4 Å². The van der Waals surface area contributed by atoms with Gasteiger partial charge in [0, 0.05) is 16.1 Å². The first-order chi connectivity index (χ1) is 17.7. The van der Waals surface area contributed by atoms with Crippen LogP contribution >= 0.6 is 23.8 Å². The Bertz CT molecular complexity index is 1810. The lowest BCUT2D eigenvalue weighted by Gasteiger charge is -2.10. The molecule has 8 nitrogen and oxygen atoms in total. The Hall–Kier alpha value is -3.83. The SMILES string of the molecule is NS(=O)(=O)c1cccc(NC(=S)N=Nc2c(O)n(Cc3cccc4ccccc34)c3ccc(Cl)cc23)c1. The molecule has 1 heterocycles. The lowest BCUT2D eigenvalue weighted by molar-refractivity contribution is 0.430. The summed E-state index contributed by atoms with van der Waals surface area (Å²) in [6.07, 6.45) is 0. The van der Waals surface area contributed by atoms with Gasteiger partial charge >= 0.3 is 0 Å². The molecule has 186 valence electrons. The number of halogens is 1. The van der Waals surface area contributed by atoms with Gasteiger partial charge in [-0.1, -0.05) is 60.1 Å². The molecule has 0 aliphatic rings. The van der Waals surface area contributed by atoms with E-state index < -0.39 is 10.0 Å². The standard InChI is InChI=1S/C26H20ClN5O3S2/c27-18-11-12-23-22(13-18)24(30-31-26(36)29-19-8-4-9-20(14-19)37(28,34)35)25(33)32(23)15-17-7-3-6-16-5-1-2-10-21(16)17/h1-14,33H,15H2,(H,29,36)(H2,28,34,35). The Labute approximate surface area is 223 Å². The van der Waals surface area contributed by atoms with Gasteiger partial charge in [-0.2, -0.15) is 0 Å². The number of fused-ring (bicyclic) bond motifs is 2. The van der Waals surface area contributed by atoms with Gasteiger partial charge in [0.15, 0.2) is 5.69 Å². The molecule has 0 spiro atoms. The molecule has 0 unspecified atom stereocenters. The van der Waals surface area contributed by atoms with Crippen molar-refractivity contribution in [2.24, 2.45) is 15.4 Å². The maximum atomic E-state index is 11.6. The van der Waals surface area contributed by atoms with E-state index in [1.165, 1.54) is 18.2 Å². The number of nitrogens with two attached hydrogens (primary N) is 1. The second-order valence-electron chi connectivity index (χ2n) is 8.26. The number of sulfonamides is 1. The van der Waals surface area contributed by atoms with E-state index in [9.17, 15) is 13.5 Å². The number of nitrogens with zero attached hydrogens (tertiary/aromatic N) is 3. The fourth-order valence-corrected chi connectivity index (χ4v) is 5.04. The molecular formula is C26H20ClN5O3S2. The molecule has 0 atom stereocenters. The molecule has 5 aromatic rings. The molecule has 0 bridgehead atoms. The Kier molecular flexibility index (Phi) is 6.65. The number of benzene rings is 4. The molecule has 0 saturated carbocycles. The molecule has 4 N–H and O–H groups in total. The van der Waals surface area contributed by atoms with E-state index in [1.807, 2.05) is 48.5 Å². The highest BCUT2D eigenvalue weighted by molar-refractivity contribution is 7.89. The summed E-state index contributed by atoms with van der Waals surface area (Å²) in [5.74, 6) is -0.0898. The third-order valence-electron chi connectivity index (χ3n) is 5.84. The quantitative estimate of drug-likeness (QED) is 0.175. The van der Waals surface area contributed by atoms with Crippen LogP contribution in [0.15, 0.2) is 100 Å². The second-order valence-corrected chi connectivity index (χ2v) is 10.6. The maximum absolute atomic E-state index is 11.6. The van der Waals surface area contributed by atoms with Crippen molar-refractivity contribution < 1.29 is 13.5 Å². The molecule has 1 aromatic heterocycles. The van der Waals surface area contributed by atoms with Gasteiger partial charge in [-0.3, -0.25) is 0 Å². The number of nitrogens with one attached hydrogen (secondary N) is 1. The fraction of sp³-hybridized carbons (Fsp3) is 0.0385. The highest BCUT2D eigenvalue weighted by atomic mass is 35.5. The molecule has 0 aliphatic carbocycles. The highest BCUT2D eigenvalue weighted by Gasteiger charge is 2.18. The van der Waals surface area contributed by atoms with Crippen molar-refractivity contribution >= 4 is 72.0 Å². The number of hydrogen-bond donors (Lipinski definition) is 3. The number of anilines is 1. The highest BCUT2D eigenvalue weighted by Crippen LogP contribution is 2.41. The van der Waals surface area contributed by atoms with Gasteiger partial charge in [0.1, 0.15) is 0 Å². The van der Waals surface area contributed by atoms with Gasteiger partial charge in [0.2, 0.25) is 21.0 Å². The van der Waals surface area contributed by atoms with Gasteiger partial charge in [-0.15, -0.1) is 10.2 Å². The summed E-state index contributed by atoms with van der Waals surface area (Å²) in [6, 6.07) is 25.2. The minimum atomic E-state index is -3.87. The monoisotopic (exact) mass is 549 g/mol. The van der Waals surface area contributed by atoms with Crippen molar-refractivity contribution in [1.82, 2.24) is 4.57 Å². The molecule has 11 heteroatoms. The zero-order valence-corrected chi connectivity index (χ0v) is 21.6. The number of aromatic hydroxyl groups is 1. The zero-order valence-electron chi connectivity index (χ0n) is 19.2. The van der Waals surface area contributed by atoms with E-state index in [0.717, 1.165) is 21.9 Å². The van der Waals surface area contributed by atoms with E-state index in [-0.39, 0.29) is 21.6 Å². The van der Waals surface area contributed by atoms with Crippen LogP contribution in [0.2, 0.25) is 5.02 Å². The summed E-state index contributed by atoms with van der Waals surface area (Å²) in [5, 5.41) is 30.7. The van der Waals surface area contributed by atoms with Crippen LogP contribution in [0.5, 0.6) is 5.88 Å². The summed E-state index contributed by atoms with van der Waals surface area (Å²) in [7, 11) is -3.87. The number of thiocarbonyl (C=S) groups is 1. The smallest absolute Gasteiger partial charge is 0.238 e.